The minimum atomic E-state index is -2.34. The molecule has 2 aromatic heterocycles. The van der Waals surface area contributed by atoms with Gasteiger partial charge in [-0.2, -0.15) is 0 Å². The van der Waals surface area contributed by atoms with E-state index in [1.807, 2.05) is 0 Å². The number of halogens is 11. The first kappa shape index (κ1) is 42.9. The number of benzene rings is 4. The quantitative estimate of drug-likeness (QED) is 0.0677. The van der Waals surface area contributed by atoms with Crippen LogP contribution < -0.4 is 30.5 Å². The van der Waals surface area contributed by atoms with E-state index in [2.05, 4.69) is 14.8 Å². The average molecular weight is 885 g/mol. The van der Waals surface area contributed by atoms with Gasteiger partial charge in [0.05, 0.1) is 45.6 Å². The van der Waals surface area contributed by atoms with Crippen LogP contribution in [0, 0.1) is 69.9 Å². The third kappa shape index (κ3) is 7.47. The molecule has 2 aliphatic heterocycles. The first-order valence-corrected chi connectivity index (χ1v) is 17.7. The second-order valence-electron chi connectivity index (χ2n) is 13.7. The van der Waals surface area contributed by atoms with Crippen LogP contribution >= 0.6 is 0 Å². The Hall–Kier alpha value is -7.17. The lowest BCUT2D eigenvalue weighted by molar-refractivity contribution is 0.142. The Balaban J connectivity index is 0.000000193. The standard InChI is InChI=1S/C23H18F5N3O4.C16H5F6NO4/c24-11-3-4-14(12(25)6-11)31-9-15(35-23(33)34)22(32)16-17(26)18(27)21(19(28)20(16)31)30-7-10-2-1-5-29-13(10)8-30;17-5-1-2-7(6(18)3-5)23-4-8(27-16(25)26)15(24)9-10(19)11(20)12(21)13(22)14(9)23/h3-4,6,9-10,13,29H,1-2,5,7-8H2,(H,33,34);1-4H,(H,25,26). The highest BCUT2D eigenvalue weighted by Crippen LogP contribution is 2.39. The van der Waals surface area contributed by atoms with Crippen molar-refractivity contribution in [3.05, 3.63) is 133 Å². The highest BCUT2D eigenvalue weighted by atomic mass is 19.2. The monoisotopic (exact) mass is 884 g/mol. The molecule has 0 aliphatic carbocycles. The van der Waals surface area contributed by atoms with Crippen molar-refractivity contribution in [1.82, 2.24) is 14.5 Å². The Kier molecular flexibility index (Phi) is 11.3. The third-order valence-corrected chi connectivity index (χ3v) is 10.0. The minimum Gasteiger partial charge on any atom is -0.449 e. The summed E-state index contributed by atoms with van der Waals surface area (Å²) in [5.41, 5.74) is -7.13. The molecular formula is C39H23F11N4O8. The molecule has 2 unspecified atom stereocenters. The van der Waals surface area contributed by atoms with Crippen molar-refractivity contribution in [1.29, 1.82) is 0 Å². The van der Waals surface area contributed by atoms with E-state index in [1.165, 1.54) is 4.90 Å². The Bertz CT molecular complexity index is 2990. The van der Waals surface area contributed by atoms with Crippen LogP contribution in [0.15, 0.2) is 58.4 Å². The zero-order valence-corrected chi connectivity index (χ0v) is 30.7. The number of nitrogens with one attached hydrogen (secondary N) is 1. The molecule has 2 fully saturated rings. The molecule has 0 bridgehead atoms. The summed E-state index contributed by atoms with van der Waals surface area (Å²) in [5.74, 6) is -20.2. The number of rotatable bonds is 5. The van der Waals surface area contributed by atoms with Gasteiger partial charge in [-0.05, 0) is 49.6 Å². The van der Waals surface area contributed by atoms with Crippen molar-refractivity contribution in [2.75, 3.05) is 24.5 Å². The number of nitrogens with zero attached hydrogens (tertiary/aromatic N) is 3. The summed E-state index contributed by atoms with van der Waals surface area (Å²) in [4.78, 5) is 48.0. The van der Waals surface area contributed by atoms with Gasteiger partial charge in [0.2, 0.25) is 10.9 Å². The molecule has 4 heterocycles. The Morgan fingerprint density at radius 2 is 1.08 bits per heavy atom. The lowest BCUT2D eigenvalue weighted by Crippen LogP contribution is -2.40. The number of carboxylic acid groups (broad SMARTS) is 2. The van der Waals surface area contributed by atoms with Gasteiger partial charge in [0.1, 0.15) is 29.0 Å². The summed E-state index contributed by atoms with van der Waals surface area (Å²) in [6.07, 6.45) is -1.24. The number of pyridine rings is 2. The van der Waals surface area contributed by atoms with E-state index >= 15 is 13.2 Å². The molecule has 2 atom stereocenters. The number of aromatic nitrogens is 2. The third-order valence-electron chi connectivity index (χ3n) is 10.0. The molecule has 2 aliphatic rings. The fourth-order valence-electron chi connectivity index (χ4n) is 7.42. The van der Waals surface area contributed by atoms with Crippen LogP contribution in [0.4, 0.5) is 63.6 Å². The molecule has 23 heteroatoms. The van der Waals surface area contributed by atoms with Crippen LogP contribution in [0.3, 0.4) is 0 Å². The molecule has 0 radical (unpaired) electrons. The second-order valence-corrected chi connectivity index (χ2v) is 13.7. The summed E-state index contributed by atoms with van der Waals surface area (Å²) in [7, 11) is 0. The summed E-state index contributed by atoms with van der Waals surface area (Å²) >= 11 is 0. The number of hydrogen-bond donors (Lipinski definition) is 3. The molecule has 8 rings (SSSR count). The van der Waals surface area contributed by atoms with Crippen LogP contribution in [0.1, 0.15) is 12.8 Å². The van der Waals surface area contributed by atoms with Gasteiger partial charge < -0.3 is 39.0 Å². The number of ether oxygens (including phenoxy) is 2. The lowest BCUT2D eigenvalue weighted by atomic mass is 9.94. The number of hydrogen-bond acceptors (Lipinski definition) is 8. The number of fused-ring (bicyclic) bond motifs is 3. The smallest absolute Gasteiger partial charge is 0.449 e. The van der Waals surface area contributed by atoms with Crippen LogP contribution in [-0.4, -0.2) is 57.3 Å². The van der Waals surface area contributed by atoms with Crippen molar-refractivity contribution in [2.45, 2.75) is 18.9 Å². The van der Waals surface area contributed by atoms with E-state index in [1.54, 1.807) is 0 Å². The van der Waals surface area contributed by atoms with Crippen LogP contribution in [0.25, 0.3) is 33.2 Å². The SMILES string of the molecule is O=C(O)Oc1cn(-c2ccc(F)cc2F)c2c(F)c(F)c(F)c(F)c2c1=O.O=C(O)Oc1cn(-c2ccc(F)cc2F)c2c(F)c(N3CC4CCCNC4C3)c(F)c(F)c2c1=O. The first-order valence-electron chi connectivity index (χ1n) is 17.7. The highest BCUT2D eigenvalue weighted by Gasteiger charge is 2.39. The highest BCUT2D eigenvalue weighted by molar-refractivity contribution is 5.88. The zero-order chi connectivity index (χ0) is 45.1. The van der Waals surface area contributed by atoms with Gasteiger partial charge in [-0.15, -0.1) is 0 Å². The average Bonchev–Trinajstić information content (AvgIpc) is 3.63. The molecular weight excluding hydrogens is 861 g/mol. The summed E-state index contributed by atoms with van der Waals surface area (Å²) in [6, 6.07) is 3.87. The van der Waals surface area contributed by atoms with Crippen molar-refractivity contribution in [3.8, 4) is 22.9 Å². The Labute approximate surface area is 337 Å². The van der Waals surface area contributed by atoms with E-state index < -0.39 is 138 Å². The molecule has 4 aromatic carbocycles. The number of piperidine rings is 1. The number of carbonyl (C=O) groups is 2. The topological polar surface area (TPSA) is 152 Å². The molecule has 324 valence electrons. The van der Waals surface area contributed by atoms with Gasteiger partial charge in [-0.25, -0.2) is 57.9 Å². The van der Waals surface area contributed by atoms with Gasteiger partial charge in [0.15, 0.2) is 52.2 Å². The normalized spacial score (nSPS) is 16.0. The molecule has 0 spiro atoms. The van der Waals surface area contributed by atoms with Crippen molar-refractivity contribution in [3.63, 3.8) is 0 Å². The predicted octanol–water partition coefficient (Wildman–Crippen LogP) is 7.81. The van der Waals surface area contributed by atoms with Gasteiger partial charge in [-0.3, -0.25) is 9.59 Å². The van der Waals surface area contributed by atoms with Crippen LogP contribution in [-0.2, 0) is 0 Å². The van der Waals surface area contributed by atoms with Crippen LogP contribution in [0.2, 0.25) is 0 Å². The van der Waals surface area contributed by atoms with E-state index in [0.717, 1.165) is 37.6 Å². The fourth-order valence-corrected chi connectivity index (χ4v) is 7.42. The van der Waals surface area contributed by atoms with Gasteiger partial charge in [-0.1, -0.05) is 0 Å². The van der Waals surface area contributed by atoms with Crippen LogP contribution in [0.5, 0.6) is 11.5 Å². The lowest BCUT2D eigenvalue weighted by Gasteiger charge is -2.24. The Morgan fingerprint density at radius 3 is 1.55 bits per heavy atom. The van der Waals surface area contributed by atoms with Gasteiger partial charge in [0, 0.05) is 31.3 Å². The first-order chi connectivity index (χ1) is 29.3. The molecule has 12 nitrogen and oxygen atoms in total. The number of anilines is 1. The molecule has 0 amide bonds. The molecule has 2 saturated heterocycles. The van der Waals surface area contributed by atoms with Crippen molar-refractivity contribution >= 4 is 39.8 Å². The van der Waals surface area contributed by atoms with E-state index in [-0.39, 0.29) is 25.0 Å². The maximum absolute atomic E-state index is 16.0. The molecule has 6 aromatic rings. The second kappa shape index (κ2) is 16.4. The maximum Gasteiger partial charge on any atom is 0.511 e. The zero-order valence-electron chi connectivity index (χ0n) is 30.7. The van der Waals surface area contributed by atoms with E-state index in [9.17, 15) is 54.3 Å². The minimum absolute atomic E-state index is 0.0654. The maximum atomic E-state index is 16.0. The van der Waals surface area contributed by atoms with E-state index in [4.69, 9.17) is 10.2 Å². The summed E-state index contributed by atoms with van der Waals surface area (Å²) in [5, 5.41) is 18.3. The molecule has 0 saturated carbocycles. The summed E-state index contributed by atoms with van der Waals surface area (Å²) < 4.78 is 167. The van der Waals surface area contributed by atoms with Crippen molar-refractivity contribution < 1.29 is 77.6 Å². The van der Waals surface area contributed by atoms with Crippen molar-refractivity contribution in [2.24, 2.45) is 5.92 Å². The van der Waals surface area contributed by atoms with E-state index in [0.29, 0.717) is 39.7 Å². The largest absolute Gasteiger partial charge is 0.511 e. The summed E-state index contributed by atoms with van der Waals surface area (Å²) in [6.45, 7) is 1.15. The fraction of sp³-hybridized carbons (Fsp3) is 0.179. The Morgan fingerprint density at radius 1 is 0.613 bits per heavy atom. The molecule has 62 heavy (non-hydrogen) atoms. The predicted molar refractivity (Wildman–Crippen MR) is 193 cm³/mol. The molecule has 3 N–H and O–H groups in total. The van der Waals surface area contributed by atoms with Gasteiger partial charge in [0.25, 0.3) is 0 Å². The van der Waals surface area contributed by atoms with Gasteiger partial charge >= 0.3 is 12.3 Å².